The zero-order valence-electron chi connectivity index (χ0n) is 18.5. The minimum Gasteiger partial charge on any atom is -0.441 e. The van der Waals surface area contributed by atoms with Crippen molar-refractivity contribution in [2.75, 3.05) is 18.8 Å². The van der Waals surface area contributed by atoms with Crippen LogP contribution in [0.4, 0.5) is 5.69 Å². The van der Waals surface area contributed by atoms with Crippen LogP contribution in [0.25, 0.3) is 11.5 Å². The van der Waals surface area contributed by atoms with Crippen LogP contribution in [0, 0.1) is 6.92 Å². The van der Waals surface area contributed by atoms with Crippen molar-refractivity contribution in [2.45, 2.75) is 25.8 Å². The third kappa shape index (κ3) is 4.53. The number of nitrogens with one attached hydrogen (secondary N) is 2. The zero-order chi connectivity index (χ0) is 23.8. The summed E-state index contributed by atoms with van der Waals surface area (Å²) in [6.07, 6.45) is 0.146. The van der Waals surface area contributed by atoms with Crippen molar-refractivity contribution in [3.63, 3.8) is 0 Å². The lowest BCUT2D eigenvalue weighted by molar-refractivity contribution is -0.122. The van der Waals surface area contributed by atoms with Gasteiger partial charge in [0.25, 0.3) is 0 Å². The van der Waals surface area contributed by atoms with Gasteiger partial charge in [-0.25, -0.2) is 4.98 Å². The van der Waals surface area contributed by atoms with Gasteiger partial charge in [-0.05, 0) is 24.6 Å². The topological polar surface area (TPSA) is 122 Å². The lowest BCUT2D eigenvalue weighted by Crippen LogP contribution is -2.29. The second-order valence-electron chi connectivity index (χ2n) is 7.94. The Morgan fingerprint density at radius 1 is 1.12 bits per heavy atom. The van der Waals surface area contributed by atoms with Gasteiger partial charge in [0, 0.05) is 26.1 Å². The van der Waals surface area contributed by atoms with Crippen LogP contribution in [0.15, 0.2) is 52.9 Å². The highest BCUT2D eigenvalue weighted by Crippen LogP contribution is 2.33. The summed E-state index contributed by atoms with van der Waals surface area (Å²) in [4.78, 5) is 29.4. The quantitative estimate of drug-likeness (QED) is 0.550. The number of Topliss-reactive ketones (excluding diaryl/α,β-unsaturated/α-hetero) is 1. The van der Waals surface area contributed by atoms with Crippen molar-refractivity contribution in [1.29, 1.82) is 0 Å². The molecule has 33 heavy (non-hydrogen) atoms. The highest BCUT2D eigenvalue weighted by Gasteiger charge is 2.34. The number of nitrogens with zero attached hydrogens (tertiary/aromatic N) is 2. The number of rotatable bonds is 7. The van der Waals surface area contributed by atoms with E-state index < -0.39 is 16.1 Å². The van der Waals surface area contributed by atoms with Crippen LogP contribution in [-0.4, -0.2) is 43.5 Å². The number of hydrogen-bond acceptors (Lipinski definition) is 6. The molecule has 0 saturated carbocycles. The second-order valence-corrected chi connectivity index (χ2v) is 9.83. The first-order valence-electron chi connectivity index (χ1n) is 10.3. The molecule has 0 fully saturated rings. The van der Waals surface area contributed by atoms with Gasteiger partial charge in [-0.3, -0.25) is 14.3 Å². The molecule has 0 aliphatic heterocycles. The maximum Gasteiger partial charge on any atom is 0.301 e. The largest absolute Gasteiger partial charge is 0.441 e. The zero-order valence-corrected chi connectivity index (χ0v) is 19.3. The number of carbonyl (C=O) groups is 2. The number of ketones is 1. The maximum absolute atomic E-state index is 12.8. The van der Waals surface area contributed by atoms with Gasteiger partial charge in [-0.15, -0.1) is 0 Å². The number of para-hydroxylation sites is 1. The molecule has 2 aromatic carbocycles. The third-order valence-corrected chi connectivity index (χ3v) is 6.98. The van der Waals surface area contributed by atoms with Gasteiger partial charge in [0.1, 0.15) is 11.5 Å². The molecule has 1 aromatic heterocycles. The number of anilines is 1. The number of amides is 1. The van der Waals surface area contributed by atoms with Crippen LogP contribution < -0.4 is 10.0 Å². The second kappa shape index (κ2) is 8.80. The smallest absolute Gasteiger partial charge is 0.301 e. The molecule has 2 N–H and O–H groups in total. The van der Waals surface area contributed by atoms with Crippen LogP contribution in [0.1, 0.15) is 39.7 Å². The first kappa shape index (κ1) is 22.7. The van der Waals surface area contributed by atoms with Crippen molar-refractivity contribution in [3.05, 3.63) is 71.1 Å². The summed E-state index contributed by atoms with van der Waals surface area (Å²) in [6, 6.07) is 13.9. The average Bonchev–Trinajstić information content (AvgIpc) is 3.32. The Morgan fingerprint density at radius 2 is 1.79 bits per heavy atom. The van der Waals surface area contributed by atoms with Crippen LogP contribution in [0.3, 0.4) is 0 Å². The fourth-order valence-electron chi connectivity index (χ4n) is 3.68. The van der Waals surface area contributed by atoms with E-state index >= 15 is 0 Å². The van der Waals surface area contributed by atoms with E-state index in [4.69, 9.17) is 4.42 Å². The fourth-order valence-corrected chi connectivity index (χ4v) is 4.32. The number of hydrogen-bond donors (Lipinski definition) is 2. The van der Waals surface area contributed by atoms with Crippen LogP contribution in [0.5, 0.6) is 0 Å². The van der Waals surface area contributed by atoms with Crippen molar-refractivity contribution in [1.82, 2.24) is 14.6 Å². The summed E-state index contributed by atoms with van der Waals surface area (Å²) in [7, 11) is -0.860. The molecule has 1 amide bonds. The van der Waals surface area contributed by atoms with Crippen LogP contribution in [-0.2, 0) is 21.5 Å². The van der Waals surface area contributed by atoms with E-state index in [-0.39, 0.29) is 30.5 Å². The summed E-state index contributed by atoms with van der Waals surface area (Å²) in [6.45, 7) is 1.84. The molecule has 1 unspecified atom stereocenters. The fraction of sp³-hybridized carbons (Fsp3) is 0.261. The van der Waals surface area contributed by atoms with E-state index in [0.717, 1.165) is 9.87 Å². The van der Waals surface area contributed by atoms with E-state index in [1.165, 1.54) is 14.1 Å². The summed E-state index contributed by atoms with van der Waals surface area (Å²) >= 11 is 0. The highest BCUT2D eigenvalue weighted by molar-refractivity contribution is 7.90. The minimum absolute atomic E-state index is 0.0394. The predicted molar refractivity (Wildman–Crippen MR) is 123 cm³/mol. The summed E-state index contributed by atoms with van der Waals surface area (Å²) < 4.78 is 33.9. The summed E-state index contributed by atoms with van der Waals surface area (Å²) in [5, 5.41) is 2.84. The summed E-state index contributed by atoms with van der Waals surface area (Å²) in [5.74, 6) is -0.0889. The van der Waals surface area contributed by atoms with Crippen molar-refractivity contribution < 1.29 is 22.4 Å². The molecule has 0 spiro atoms. The van der Waals surface area contributed by atoms with Crippen LogP contribution >= 0.6 is 0 Å². The number of benzene rings is 2. The van der Waals surface area contributed by atoms with E-state index in [1.54, 1.807) is 49.4 Å². The third-order valence-electron chi connectivity index (χ3n) is 5.54. The molecular formula is C23H24N4O5S. The Bertz CT molecular complexity index is 1330. The molecule has 1 aliphatic carbocycles. The van der Waals surface area contributed by atoms with Crippen molar-refractivity contribution >= 4 is 27.6 Å². The normalized spacial score (nSPS) is 15.5. The standard InChI is InChI=1S/C23H24N4O5S/c1-14-20(13-24-22(29)18-12-21(28)16-9-5-4-8-15(16)18)25-23(32-14)17-10-6-7-11-19(17)26-33(30,31)27(2)3/h4-11,18,26H,12-13H2,1-3H3,(H,24,29). The number of oxazole rings is 1. The van der Waals surface area contributed by atoms with Gasteiger partial charge in [0.15, 0.2) is 5.78 Å². The maximum atomic E-state index is 12.8. The molecule has 3 aromatic rings. The lowest BCUT2D eigenvalue weighted by Gasteiger charge is -2.15. The molecular weight excluding hydrogens is 444 g/mol. The minimum atomic E-state index is -3.72. The first-order chi connectivity index (χ1) is 15.7. The molecule has 10 heteroatoms. The monoisotopic (exact) mass is 468 g/mol. The Morgan fingerprint density at radius 3 is 2.52 bits per heavy atom. The van der Waals surface area contributed by atoms with Crippen LogP contribution in [0.2, 0.25) is 0 Å². The number of fused-ring (bicyclic) bond motifs is 1. The molecule has 0 bridgehead atoms. The molecule has 0 radical (unpaired) electrons. The summed E-state index contributed by atoms with van der Waals surface area (Å²) in [5.41, 5.74) is 2.64. The molecule has 1 atom stereocenters. The van der Waals surface area contributed by atoms with Crippen molar-refractivity contribution in [3.8, 4) is 11.5 Å². The molecule has 1 heterocycles. The molecule has 9 nitrogen and oxygen atoms in total. The van der Waals surface area contributed by atoms with E-state index in [0.29, 0.717) is 28.3 Å². The Balaban J connectivity index is 1.52. The number of carbonyl (C=O) groups excluding carboxylic acids is 2. The molecule has 4 rings (SSSR count). The van der Waals surface area contributed by atoms with Gasteiger partial charge < -0.3 is 9.73 Å². The van der Waals surface area contributed by atoms with E-state index in [2.05, 4.69) is 15.0 Å². The van der Waals surface area contributed by atoms with E-state index in [9.17, 15) is 18.0 Å². The molecule has 1 aliphatic rings. The van der Waals surface area contributed by atoms with Gasteiger partial charge in [-0.1, -0.05) is 36.4 Å². The SMILES string of the molecule is Cc1oc(-c2ccccc2NS(=O)(=O)N(C)C)nc1CNC(=O)C1CC(=O)c2ccccc21. The number of aromatic nitrogens is 1. The van der Waals surface area contributed by atoms with Gasteiger partial charge in [-0.2, -0.15) is 12.7 Å². The van der Waals surface area contributed by atoms with Gasteiger partial charge in [0.2, 0.25) is 11.8 Å². The first-order valence-corrected chi connectivity index (χ1v) is 11.8. The average molecular weight is 469 g/mol. The predicted octanol–water partition coefficient (Wildman–Crippen LogP) is 2.85. The molecule has 172 valence electrons. The van der Waals surface area contributed by atoms with E-state index in [1.807, 2.05) is 6.07 Å². The van der Waals surface area contributed by atoms with Crippen molar-refractivity contribution in [2.24, 2.45) is 0 Å². The Hall–Kier alpha value is -3.50. The Kier molecular flexibility index (Phi) is 6.05. The molecule has 0 saturated heterocycles. The number of aryl methyl sites for hydroxylation is 1. The highest BCUT2D eigenvalue weighted by atomic mass is 32.2. The Labute approximate surface area is 192 Å². The van der Waals surface area contributed by atoms with Gasteiger partial charge in [0.05, 0.1) is 23.7 Å². The van der Waals surface area contributed by atoms with Gasteiger partial charge >= 0.3 is 10.2 Å². The lowest BCUT2D eigenvalue weighted by atomic mass is 10.0.